The fraction of sp³-hybridized carbons (Fsp3) is 0.188. The fourth-order valence-corrected chi connectivity index (χ4v) is 3.79. The Kier molecular flexibility index (Phi) is 3.18. The second-order valence-electron chi connectivity index (χ2n) is 5.02. The molecule has 2 aromatic rings. The molecule has 4 nitrogen and oxygen atoms in total. The Hall–Kier alpha value is -2.21. The number of benzene rings is 2. The van der Waals surface area contributed by atoms with Crippen LogP contribution < -0.4 is 14.4 Å². The third kappa shape index (κ3) is 2.20. The molecule has 2 aromatic carbocycles. The van der Waals surface area contributed by atoms with Crippen molar-refractivity contribution in [3.63, 3.8) is 0 Å². The predicted octanol–water partition coefficient (Wildman–Crippen LogP) is 3.33. The Bertz CT molecular complexity index is 735. The summed E-state index contributed by atoms with van der Waals surface area (Å²) in [6.07, 6.45) is 0. The molecule has 6 heteroatoms. The predicted molar refractivity (Wildman–Crippen MR) is 81.7 cm³/mol. The first-order chi connectivity index (χ1) is 10.7. The summed E-state index contributed by atoms with van der Waals surface area (Å²) < 4.78 is 23.8. The van der Waals surface area contributed by atoms with E-state index >= 15 is 0 Å². The third-order valence-electron chi connectivity index (χ3n) is 3.65. The van der Waals surface area contributed by atoms with Crippen molar-refractivity contribution in [1.29, 1.82) is 0 Å². The van der Waals surface area contributed by atoms with E-state index in [0.717, 1.165) is 5.56 Å². The van der Waals surface area contributed by atoms with Gasteiger partial charge in [0, 0.05) is 5.69 Å². The quantitative estimate of drug-likeness (QED) is 0.851. The van der Waals surface area contributed by atoms with E-state index in [1.807, 2.05) is 18.2 Å². The van der Waals surface area contributed by atoms with E-state index in [2.05, 4.69) is 0 Å². The summed E-state index contributed by atoms with van der Waals surface area (Å²) in [7, 11) is 0. The van der Waals surface area contributed by atoms with Crippen LogP contribution in [-0.2, 0) is 4.79 Å². The highest BCUT2D eigenvalue weighted by Crippen LogP contribution is 2.44. The van der Waals surface area contributed by atoms with Crippen LogP contribution in [0.2, 0.25) is 0 Å². The molecule has 22 heavy (non-hydrogen) atoms. The number of halogens is 1. The van der Waals surface area contributed by atoms with Crippen LogP contribution in [0.4, 0.5) is 10.1 Å². The molecule has 1 saturated heterocycles. The minimum atomic E-state index is -0.317. The summed E-state index contributed by atoms with van der Waals surface area (Å²) in [6, 6.07) is 11.7. The average Bonchev–Trinajstić information content (AvgIpc) is 3.14. The zero-order chi connectivity index (χ0) is 15.1. The van der Waals surface area contributed by atoms with Crippen molar-refractivity contribution in [1.82, 2.24) is 0 Å². The van der Waals surface area contributed by atoms with Gasteiger partial charge in [-0.25, -0.2) is 4.39 Å². The van der Waals surface area contributed by atoms with Crippen LogP contribution in [0.25, 0.3) is 0 Å². The lowest BCUT2D eigenvalue weighted by Gasteiger charge is -2.24. The molecule has 2 aliphatic rings. The molecule has 1 amide bonds. The van der Waals surface area contributed by atoms with Crippen molar-refractivity contribution < 1.29 is 18.7 Å². The van der Waals surface area contributed by atoms with Crippen LogP contribution in [0.15, 0.2) is 42.5 Å². The molecule has 112 valence electrons. The minimum Gasteiger partial charge on any atom is -0.454 e. The highest BCUT2D eigenvalue weighted by atomic mass is 32.2. The number of thioether (sulfide) groups is 1. The maximum Gasteiger partial charge on any atom is 0.238 e. The number of carbonyl (C=O) groups is 1. The summed E-state index contributed by atoms with van der Waals surface area (Å²) in [5.74, 6) is 1.50. The van der Waals surface area contributed by atoms with Crippen molar-refractivity contribution in [3.8, 4) is 11.5 Å². The Morgan fingerprint density at radius 3 is 2.68 bits per heavy atom. The number of anilines is 1. The summed E-state index contributed by atoms with van der Waals surface area (Å²) >= 11 is 1.54. The highest BCUT2D eigenvalue weighted by molar-refractivity contribution is 8.00. The molecule has 4 rings (SSSR count). The molecule has 0 aromatic heterocycles. The number of rotatable bonds is 2. The summed E-state index contributed by atoms with van der Waals surface area (Å²) in [4.78, 5) is 13.9. The first-order valence-corrected chi connectivity index (χ1v) is 7.86. The second kappa shape index (κ2) is 5.21. The Balaban J connectivity index is 1.71. The maximum absolute atomic E-state index is 13.1. The van der Waals surface area contributed by atoms with Gasteiger partial charge in [-0.3, -0.25) is 9.69 Å². The van der Waals surface area contributed by atoms with Gasteiger partial charge < -0.3 is 9.47 Å². The molecule has 0 aliphatic carbocycles. The molecular weight excluding hydrogens is 305 g/mol. The molecule has 1 atom stereocenters. The van der Waals surface area contributed by atoms with Crippen molar-refractivity contribution in [2.75, 3.05) is 17.4 Å². The van der Waals surface area contributed by atoms with Crippen LogP contribution >= 0.6 is 11.8 Å². The second-order valence-corrected chi connectivity index (χ2v) is 6.08. The first kappa shape index (κ1) is 13.5. The van der Waals surface area contributed by atoms with E-state index in [4.69, 9.17) is 9.47 Å². The number of hydrogen-bond donors (Lipinski definition) is 0. The molecule has 1 fully saturated rings. The lowest BCUT2D eigenvalue weighted by Crippen LogP contribution is -2.27. The lowest BCUT2D eigenvalue weighted by molar-refractivity contribution is -0.115. The normalized spacial score (nSPS) is 19.8. The summed E-state index contributed by atoms with van der Waals surface area (Å²) in [5, 5.41) is -0.146. The monoisotopic (exact) mass is 317 g/mol. The zero-order valence-corrected chi connectivity index (χ0v) is 12.3. The van der Waals surface area contributed by atoms with E-state index in [1.165, 1.54) is 12.1 Å². The van der Waals surface area contributed by atoms with E-state index in [1.54, 1.807) is 28.8 Å². The molecular formula is C16H12FNO3S. The number of amides is 1. The van der Waals surface area contributed by atoms with Crippen LogP contribution in [0.1, 0.15) is 10.9 Å². The Labute approximate surface area is 130 Å². The van der Waals surface area contributed by atoms with E-state index in [0.29, 0.717) is 22.9 Å². The fourth-order valence-electron chi connectivity index (χ4n) is 2.62. The zero-order valence-electron chi connectivity index (χ0n) is 11.5. The van der Waals surface area contributed by atoms with Crippen LogP contribution in [0, 0.1) is 5.82 Å². The first-order valence-electron chi connectivity index (χ1n) is 6.81. The van der Waals surface area contributed by atoms with Gasteiger partial charge in [-0.2, -0.15) is 0 Å². The standard InChI is InChI=1S/C16H12FNO3S/c17-11-2-4-12(5-3-11)18-15(19)8-22-16(18)10-1-6-13-14(7-10)21-9-20-13/h1-7,16H,8-9H2/t16-/m0/s1. The highest BCUT2D eigenvalue weighted by Gasteiger charge is 2.34. The molecule has 0 unspecified atom stereocenters. The maximum atomic E-state index is 13.1. The average molecular weight is 317 g/mol. The van der Waals surface area contributed by atoms with Crippen LogP contribution in [0.3, 0.4) is 0 Å². The third-order valence-corrected chi connectivity index (χ3v) is 4.87. The number of nitrogens with zero attached hydrogens (tertiary/aromatic N) is 1. The number of ether oxygens (including phenoxy) is 2. The van der Waals surface area contributed by atoms with Crippen molar-refractivity contribution in [2.24, 2.45) is 0 Å². The van der Waals surface area contributed by atoms with Gasteiger partial charge in [0.25, 0.3) is 0 Å². The molecule has 2 heterocycles. The number of carbonyl (C=O) groups excluding carboxylic acids is 1. The van der Waals surface area contributed by atoms with Gasteiger partial charge in [0.05, 0.1) is 5.75 Å². The van der Waals surface area contributed by atoms with Crippen LogP contribution in [-0.4, -0.2) is 18.5 Å². The minimum absolute atomic E-state index is 0.0132. The van der Waals surface area contributed by atoms with Crippen molar-refractivity contribution >= 4 is 23.4 Å². The van der Waals surface area contributed by atoms with Gasteiger partial charge in [0.1, 0.15) is 11.2 Å². The molecule has 0 spiro atoms. The Morgan fingerprint density at radius 1 is 1.09 bits per heavy atom. The lowest BCUT2D eigenvalue weighted by atomic mass is 10.1. The number of fused-ring (bicyclic) bond motifs is 1. The van der Waals surface area contributed by atoms with Crippen molar-refractivity contribution in [3.05, 3.63) is 53.8 Å². The van der Waals surface area contributed by atoms with E-state index in [-0.39, 0.29) is 23.9 Å². The number of hydrogen-bond acceptors (Lipinski definition) is 4. The Morgan fingerprint density at radius 2 is 1.86 bits per heavy atom. The molecule has 0 saturated carbocycles. The molecule has 0 N–H and O–H groups in total. The van der Waals surface area contributed by atoms with Gasteiger partial charge >= 0.3 is 0 Å². The van der Waals surface area contributed by atoms with Crippen molar-refractivity contribution in [2.45, 2.75) is 5.37 Å². The molecule has 2 aliphatic heterocycles. The van der Waals surface area contributed by atoms with Gasteiger partial charge in [-0.05, 0) is 42.0 Å². The largest absolute Gasteiger partial charge is 0.454 e. The van der Waals surface area contributed by atoms with Gasteiger partial charge in [0.2, 0.25) is 12.7 Å². The van der Waals surface area contributed by atoms with Gasteiger partial charge in [-0.15, -0.1) is 11.8 Å². The molecule has 0 bridgehead atoms. The van der Waals surface area contributed by atoms with Crippen LogP contribution in [0.5, 0.6) is 11.5 Å². The van der Waals surface area contributed by atoms with Gasteiger partial charge in [-0.1, -0.05) is 6.07 Å². The van der Waals surface area contributed by atoms with E-state index < -0.39 is 0 Å². The summed E-state index contributed by atoms with van der Waals surface area (Å²) in [6.45, 7) is 0.219. The molecule has 0 radical (unpaired) electrons. The SMILES string of the molecule is O=C1CS[C@@H](c2ccc3c(c2)OCO3)N1c1ccc(F)cc1. The smallest absolute Gasteiger partial charge is 0.238 e. The topological polar surface area (TPSA) is 38.8 Å². The van der Waals surface area contributed by atoms with Gasteiger partial charge in [0.15, 0.2) is 11.5 Å². The van der Waals surface area contributed by atoms with E-state index in [9.17, 15) is 9.18 Å². The summed E-state index contributed by atoms with van der Waals surface area (Å²) in [5.41, 5.74) is 1.66.